The standard InChI is InChI=1S/C24H24F6N6O2/c1-3-19-7-20(13-36(19)22(37)38)35(21-31-8-15(9-32-21)16-10-33-34(2)12-16)11-14-4-17(23(25,26)27)6-18(5-14)24(28,29)30/h4-6,8-10,12,19-20H,3,7,11,13H2,1-2H3,(H,37,38)/t19-,20+/m1/s1. The van der Waals surface area contributed by atoms with E-state index in [4.69, 9.17) is 0 Å². The summed E-state index contributed by atoms with van der Waals surface area (Å²) in [5.74, 6) is 0.0516. The lowest BCUT2D eigenvalue weighted by Gasteiger charge is -2.29. The number of rotatable bonds is 6. The molecule has 0 bridgehead atoms. The highest BCUT2D eigenvalue weighted by Crippen LogP contribution is 2.37. The molecule has 1 fully saturated rings. The Hall–Kier alpha value is -3.84. The highest BCUT2D eigenvalue weighted by atomic mass is 19.4. The van der Waals surface area contributed by atoms with Gasteiger partial charge in [0, 0.05) is 55.9 Å². The predicted molar refractivity (Wildman–Crippen MR) is 124 cm³/mol. The number of alkyl halides is 6. The molecule has 14 heteroatoms. The van der Waals surface area contributed by atoms with Crippen LogP contribution in [0.25, 0.3) is 11.1 Å². The summed E-state index contributed by atoms with van der Waals surface area (Å²) < 4.78 is 82.3. The van der Waals surface area contributed by atoms with Crippen LogP contribution in [0.15, 0.2) is 43.0 Å². The maximum Gasteiger partial charge on any atom is 0.416 e. The largest absolute Gasteiger partial charge is 0.465 e. The van der Waals surface area contributed by atoms with Crippen LogP contribution in [0.5, 0.6) is 0 Å². The fraction of sp³-hybridized carbons (Fsp3) is 0.417. The van der Waals surface area contributed by atoms with E-state index in [1.165, 1.54) is 22.2 Å². The molecule has 0 spiro atoms. The van der Waals surface area contributed by atoms with Crippen molar-refractivity contribution in [2.45, 2.75) is 50.7 Å². The molecular formula is C24H24F6N6O2. The van der Waals surface area contributed by atoms with Crippen LogP contribution in [-0.2, 0) is 25.9 Å². The van der Waals surface area contributed by atoms with Crippen molar-refractivity contribution in [2.75, 3.05) is 11.4 Å². The molecule has 8 nitrogen and oxygen atoms in total. The quantitative estimate of drug-likeness (QED) is 0.417. The molecule has 1 aromatic carbocycles. The summed E-state index contributed by atoms with van der Waals surface area (Å²) in [6.07, 6.45) is -4.10. The fourth-order valence-electron chi connectivity index (χ4n) is 4.60. The highest BCUT2D eigenvalue weighted by Gasteiger charge is 2.40. The molecule has 0 unspecified atom stereocenters. The summed E-state index contributed by atoms with van der Waals surface area (Å²) in [5, 5.41) is 13.7. The predicted octanol–water partition coefficient (Wildman–Crippen LogP) is 5.45. The smallest absolute Gasteiger partial charge is 0.416 e. The van der Waals surface area contributed by atoms with Gasteiger partial charge in [-0.3, -0.25) is 4.68 Å². The molecule has 1 saturated heterocycles. The summed E-state index contributed by atoms with van der Waals surface area (Å²) in [7, 11) is 1.73. The molecule has 1 aliphatic rings. The molecule has 1 aliphatic heterocycles. The first-order valence-corrected chi connectivity index (χ1v) is 11.6. The van der Waals surface area contributed by atoms with Gasteiger partial charge in [0.25, 0.3) is 0 Å². The Balaban J connectivity index is 1.74. The van der Waals surface area contributed by atoms with Gasteiger partial charge in [0.1, 0.15) is 0 Å². The fourth-order valence-corrected chi connectivity index (χ4v) is 4.60. The van der Waals surface area contributed by atoms with Gasteiger partial charge in [0.15, 0.2) is 0 Å². The molecule has 38 heavy (non-hydrogen) atoms. The summed E-state index contributed by atoms with van der Waals surface area (Å²) in [5.41, 5.74) is -1.80. The lowest BCUT2D eigenvalue weighted by Crippen LogP contribution is -2.39. The van der Waals surface area contributed by atoms with Gasteiger partial charge >= 0.3 is 18.4 Å². The van der Waals surface area contributed by atoms with E-state index in [1.807, 2.05) is 0 Å². The number of aromatic nitrogens is 4. The number of anilines is 1. The number of hydrogen-bond acceptors (Lipinski definition) is 5. The normalized spacial score (nSPS) is 18.2. The first-order chi connectivity index (χ1) is 17.8. The van der Waals surface area contributed by atoms with Gasteiger partial charge in [-0.25, -0.2) is 14.8 Å². The van der Waals surface area contributed by atoms with Gasteiger partial charge in [-0.2, -0.15) is 31.4 Å². The SMILES string of the molecule is CC[C@@H]1C[C@H](N(Cc2cc(C(F)(F)F)cc(C(F)(F)F)c2)c2ncc(-c3cnn(C)c3)cn2)CN1C(=O)O. The van der Waals surface area contributed by atoms with Gasteiger partial charge in [-0.1, -0.05) is 6.92 Å². The molecule has 2 aromatic heterocycles. The first-order valence-electron chi connectivity index (χ1n) is 11.6. The lowest BCUT2D eigenvalue weighted by molar-refractivity contribution is -0.143. The van der Waals surface area contributed by atoms with Crippen LogP contribution in [0.4, 0.5) is 37.1 Å². The summed E-state index contributed by atoms with van der Waals surface area (Å²) in [6, 6.07) is 0.439. The minimum atomic E-state index is -5.00. The Labute approximate surface area is 213 Å². The number of amides is 1. The van der Waals surface area contributed by atoms with Crippen molar-refractivity contribution >= 4 is 12.0 Å². The number of aryl methyl sites for hydroxylation is 1. The van der Waals surface area contributed by atoms with Gasteiger partial charge in [0.2, 0.25) is 5.95 Å². The van der Waals surface area contributed by atoms with Gasteiger partial charge < -0.3 is 14.9 Å². The zero-order chi connectivity index (χ0) is 27.8. The van der Waals surface area contributed by atoms with Crippen molar-refractivity contribution in [3.05, 3.63) is 59.7 Å². The Morgan fingerprint density at radius 1 is 1.03 bits per heavy atom. The molecular weight excluding hydrogens is 518 g/mol. The van der Waals surface area contributed by atoms with Gasteiger partial charge in [-0.15, -0.1) is 0 Å². The number of hydrogen-bond donors (Lipinski definition) is 1. The molecule has 204 valence electrons. The molecule has 0 radical (unpaired) electrons. The first kappa shape index (κ1) is 27.2. The minimum absolute atomic E-state index is 0.00730. The summed E-state index contributed by atoms with van der Waals surface area (Å²) >= 11 is 0. The number of carboxylic acid groups (broad SMARTS) is 1. The molecule has 0 aliphatic carbocycles. The van der Waals surface area contributed by atoms with Crippen LogP contribution in [0.1, 0.15) is 36.5 Å². The van der Waals surface area contributed by atoms with Crippen LogP contribution in [-0.4, -0.2) is 54.5 Å². The number of benzene rings is 1. The van der Waals surface area contributed by atoms with E-state index < -0.39 is 42.2 Å². The Morgan fingerprint density at radius 3 is 2.08 bits per heavy atom. The third-order valence-corrected chi connectivity index (χ3v) is 6.48. The molecule has 2 atom stereocenters. The van der Waals surface area contributed by atoms with Crippen LogP contribution in [0, 0.1) is 0 Å². The van der Waals surface area contributed by atoms with E-state index in [9.17, 15) is 36.2 Å². The zero-order valence-electron chi connectivity index (χ0n) is 20.3. The number of halogens is 6. The molecule has 4 rings (SSSR count). The Kier molecular flexibility index (Phi) is 7.26. The van der Waals surface area contributed by atoms with Crippen molar-refractivity contribution in [1.29, 1.82) is 0 Å². The van der Waals surface area contributed by atoms with Crippen molar-refractivity contribution in [3.63, 3.8) is 0 Å². The topological polar surface area (TPSA) is 87.4 Å². The van der Waals surface area contributed by atoms with Gasteiger partial charge in [-0.05, 0) is 36.6 Å². The Morgan fingerprint density at radius 2 is 1.63 bits per heavy atom. The Bertz CT molecular complexity index is 1260. The number of carbonyl (C=O) groups is 1. The molecule has 1 amide bonds. The van der Waals surface area contributed by atoms with Gasteiger partial charge in [0.05, 0.1) is 23.4 Å². The second-order valence-electron chi connectivity index (χ2n) is 9.10. The van der Waals surface area contributed by atoms with E-state index in [2.05, 4.69) is 15.1 Å². The second kappa shape index (κ2) is 10.1. The van der Waals surface area contributed by atoms with Crippen molar-refractivity contribution < 1.29 is 36.2 Å². The summed E-state index contributed by atoms with van der Waals surface area (Å²) in [6.45, 7) is 1.40. The highest BCUT2D eigenvalue weighted by molar-refractivity contribution is 5.66. The van der Waals surface area contributed by atoms with Crippen LogP contribution in [0.3, 0.4) is 0 Å². The summed E-state index contributed by atoms with van der Waals surface area (Å²) in [4.78, 5) is 23.1. The second-order valence-corrected chi connectivity index (χ2v) is 9.10. The van der Waals surface area contributed by atoms with Crippen LogP contribution < -0.4 is 4.90 Å². The van der Waals surface area contributed by atoms with Crippen LogP contribution in [0.2, 0.25) is 0 Å². The third kappa shape index (κ3) is 5.83. The average Bonchev–Trinajstić information content (AvgIpc) is 3.48. The molecule has 1 N–H and O–H groups in total. The third-order valence-electron chi connectivity index (χ3n) is 6.48. The van der Waals surface area contributed by atoms with Crippen molar-refractivity contribution in [3.8, 4) is 11.1 Å². The lowest BCUT2D eigenvalue weighted by atomic mass is 10.0. The van der Waals surface area contributed by atoms with E-state index in [1.54, 1.807) is 31.0 Å². The molecule has 3 aromatic rings. The van der Waals surface area contributed by atoms with E-state index in [0.717, 1.165) is 0 Å². The van der Waals surface area contributed by atoms with Crippen molar-refractivity contribution in [2.24, 2.45) is 7.05 Å². The number of likely N-dealkylation sites (tertiary alicyclic amines) is 1. The monoisotopic (exact) mass is 542 g/mol. The minimum Gasteiger partial charge on any atom is -0.465 e. The molecule has 3 heterocycles. The average molecular weight is 542 g/mol. The van der Waals surface area contributed by atoms with Crippen molar-refractivity contribution in [1.82, 2.24) is 24.6 Å². The maximum atomic E-state index is 13.5. The molecule has 0 saturated carbocycles. The van der Waals surface area contributed by atoms with E-state index in [0.29, 0.717) is 36.1 Å². The van der Waals surface area contributed by atoms with E-state index >= 15 is 0 Å². The maximum absolute atomic E-state index is 13.5. The van der Waals surface area contributed by atoms with Crippen LogP contribution >= 0.6 is 0 Å². The van der Waals surface area contributed by atoms with E-state index in [-0.39, 0.29) is 30.2 Å². The zero-order valence-corrected chi connectivity index (χ0v) is 20.3. The number of nitrogens with zero attached hydrogens (tertiary/aromatic N) is 6.